The maximum Gasteiger partial charge on any atom is 0.231 e. The number of nitrogens with zero attached hydrogens (tertiary/aromatic N) is 1. The van der Waals surface area contributed by atoms with Crippen molar-refractivity contribution in [3.05, 3.63) is 23.8 Å². The lowest BCUT2D eigenvalue weighted by atomic mass is 10.1. The summed E-state index contributed by atoms with van der Waals surface area (Å²) >= 11 is 0. The van der Waals surface area contributed by atoms with Crippen molar-refractivity contribution in [1.82, 2.24) is 9.62 Å². The topological polar surface area (TPSA) is 67.9 Å². The fourth-order valence-electron chi connectivity index (χ4n) is 3.18. The molecule has 3 rings (SSSR count). The van der Waals surface area contributed by atoms with Gasteiger partial charge in [0.2, 0.25) is 16.8 Å². The van der Waals surface area contributed by atoms with Gasteiger partial charge >= 0.3 is 0 Å². The zero-order chi connectivity index (χ0) is 16.3. The van der Waals surface area contributed by atoms with Crippen molar-refractivity contribution in [3.63, 3.8) is 0 Å². The van der Waals surface area contributed by atoms with Crippen LogP contribution in [0.2, 0.25) is 0 Å². The summed E-state index contributed by atoms with van der Waals surface area (Å²) in [4.78, 5) is 2.34. The number of sulfonamides is 1. The van der Waals surface area contributed by atoms with E-state index in [1.807, 2.05) is 25.1 Å². The van der Waals surface area contributed by atoms with Crippen LogP contribution in [0, 0.1) is 0 Å². The third kappa shape index (κ3) is 3.97. The molecule has 0 bridgehead atoms. The van der Waals surface area contributed by atoms with E-state index in [0.29, 0.717) is 13.0 Å². The molecule has 6 nitrogen and oxygen atoms in total. The molecule has 1 aromatic rings. The van der Waals surface area contributed by atoms with Crippen LogP contribution in [0.25, 0.3) is 0 Å². The fraction of sp³-hybridized carbons (Fsp3) is 0.625. The highest BCUT2D eigenvalue weighted by Crippen LogP contribution is 2.36. The van der Waals surface area contributed by atoms with E-state index in [1.54, 1.807) is 0 Å². The maximum absolute atomic E-state index is 12.0. The van der Waals surface area contributed by atoms with Crippen molar-refractivity contribution in [1.29, 1.82) is 0 Å². The van der Waals surface area contributed by atoms with Crippen molar-refractivity contribution in [2.75, 3.05) is 32.2 Å². The Bertz CT molecular complexity index is 641. The molecule has 2 aliphatic rings. The highest BCUT2D eigenvalue weighted by atomic mass is 32.2. The molecule has 0 aromatic heterocycles. The molecule has 0 spiro atoms. The number of nitrogens with one attached hydrogen (secondary N) is 1. The minimum Gasteiger partial charge on any atom is -0.454 e. The van der Waals surface area contributed by atoms with Crippen LogP contribution in [0.5, 0.6) is 11.5 Å². The van der Waals surface area contributed by atoms with Crippen LogP contribution in [0.15, 0.2) is 18.2 Å². The minimum absolute atomic E-state index is 0.0265. The van der Waals surface area contributed by atoms with Crippen LogP contribution in [-0.4, -0.2) is 45.5 Å². The molecule has 128 valence electrons. The zero-order valence-corrected chi connectivity index (χ0v) is 14.3. The van der Waals surface area contributed by atoms with E-state index in [1.165, 1.54) is 0 Å². The summed E-state index contributed by atoms with van der Waals surface area (Å²) in [5.41, 5.74) is 1.07. The standard InChI is InChI=1S/C16H24N2O4S/c1-2-9-23(19,20)17-11-14(18-7-3-4-8-18)13-5-6-15-16(10-13)22-12-21-15/h5-6,10,14,17H,2-4,7-9,11-12H2,1H3. The average molecular weight is 340 g/mol. The van der Waals surface area contributed by atoms with E-state index < -0.39 is 10.0 Å². The highest BCUT2D eigenvalue weighted by Gasteiger charge is 2.26. The molecule has 1 unspecified atom stereocenters. The number of likely N-dealkylation sites (tertiary alicyclic amines) is 1. The number of rotatable bonds is 7. The lowest BCUT2D eigenvalue weighted by molar-refractivity contribution is 0.173. The van der Waals surface area contributed by atoms with Crippen LogP contribution >= 0.6 is 0 Å². The number of benzene rings is 1. The molecule has 1 atom stereocenters. The normalized spacial score (nSPS) is 19.2. The van der Waals surface area contributed by atoms with E-state index in [4.69, 9.17) is 9.47 Å². The summed E-state index contributed by atoms with van der Waals surface area (Å²) in [5.74, 6) is 1.66. The Hall–Kier alpha value is -1.31. The molecule has 1 fully saturated rings. The molecule has 2 aliphatic heterocycles. The molecule has 1 N–H and O–H groups in total. The number of hydrogen-bond donors (Lipinski definition) is 1. The summed E-state index contributed by atoms with van der Waals surface area (Å²) in [6.07, 6.45) is 2.93. The second kappa shape index (κ2) is 7.07. The molecule has 0 aliphatic carbocycles. The molecule has 2 heterocycles. The van der Waals surface area contributed by atoms with E-state index in [2.05, 4.69) is 9.62 Å². The summed E-state index contributed by atoms with van der Waals surface area (Å²) in [5, 5.41) is 0. The number of ether oxygens (including phenoxy) is 2. The van der Waals surface area contributed by atoms with Gasteiger partial charge in [-0.3, -0.25) is 4.90 Å². The quantitative estimate of drug-likeness (QED) is 0.821. The first-order valence-electron chi connectivity index (χ1n) is 8.20. The van der Waals surface area contributed by atoms with Gasteiger partial charge < -0.3 is 9.47 Å². The van der Waals surface area contributed by atoms with E-state index in [9.17, 15) is 8.42 Å². The Kier molecular flexibility index (Phi) is 5.08. The molecule has 7 heteroatoms. The number of hydrogen-bond acceptors (Lipinski definition) is 5. The Morgan fingerprint density at radius 3 is 2.70 bits per heavy atom. The zero-order valence-electron chi connectivity index (χ0n) is 13.5. The first-order chi connectivity index (χ1) is 11.1. The Labute approximate surface area is 137 Å². The second-order valence-corrected chi connectivity index (χ2v) is 7.97. The van der Waals surface area contributed by atoms with Crippen molar-refractivity contribution in [2.45, 2.75) is 32.2 Å². The minimum atomic E-state index is -3.21. The Morgan fingerprint density at radius 2 is 1.96 bits per heavy atom. The molecule has 1 aromatic carbocycles. The van der Waals surface area contributed by atoms with Gasteiger partial charge in [-0.05, 0) is 50.0 Å². The molecular weight excluding hydrogens is 316 g/mol. The Balaban J connectivity index is 1.78. The monoisotopic (exact) mass is 340 g/mol. The van der Waals surface area contributed by atoms with Crippen molar-refractivity contribution in [3.8, 4) is 11.5 Å². The molecular formula is C16H24N2O4S. The highest BCUT2D eigenvalue weighted by molar-refractivity contribution is 7.89. The Morgan fingerprint density at radius 1 is 1.22 bits per heavy atom. The largest absolute Gasteiger partial charge is 0.454 e. The summed E-state index contributed by atoms with van der Waals surface area (Å²) < 4.78 is 37.6. The van der Waals surface area contributed by atoms with Crippen molar-refractivity contribution < 1.29 is 17.9 Å². The molecule has 1 saturated heterocycles. The second-order valence-electron chi connectivity index (χ2n) is 6.04. The van der Waals surface area contributed by atoms with Gasteiger partial charge in [-0.2, -0.15) is 0 Å². The van der Waals surface area contributed by atoms with Crippen LogP contribution in [-0.2, 0) is 10.0 Å². The summed E-state index contributed by atoms with van der Waals surface area (Å²) in [6.45, 7) is 4.50. The lowest BCUT2D eigenvalue weighted by Crippen LogP contribution is -2.37. The SMILES string of the molecule is CCCS(=O)(=O)NCC(c1ccc2c(c1)OCO2)N1CCCC1. The third-order valence-corrected chi connectivity index (χ3v) is 5.88. The lowest BCUT2D eigenvalue weighted by Gasteiger charge is -2.28. The fourth-order valence-corrected chi connectivity index (χ4v) is 4.27. The van der Waals surface area contributed by atoms with Gasteiger partial charge in [0.05, 0.1) is 5.75 Å². The van der Waals surface area contributed by atoms with E-state index in [0.717, 1.165) is 43.0 Å². The molecule has 23 heavy (non-hydrogen) atoms. The average Bonchev–Trinajstić information content (AvgIpc) is 3.18. The van der Waals surface area contributed by atoms with Crippen LogP contribution in [0.4, 0.5) is 0 Å². The van der Waals surface area contributed by atoms with Gasteiger partial charge in [0.15, 0.2) is 11.5 Å². The molecule has 0 amide bonds. The molecule has 0 radical (unpaired) electrons. The van der Waals surface area contributed by atoms with Gasteiger partial charge in [0.25, 0.3) is 0 Å². The molecule has 0 saturated carbocycles. The van der Waals surface area contributed by atoms with Gasteiger partial charge in [-0.25, -0.2) is 13.1 Å². The predicted molar refractivity (Wildman–Crippen MR) is 88.2 cm³/mol. The van der Waals surface area contributed by atoms with Crippen LogP contribution in [0.1, 0.15) is 37.8 Å². The first kappa shape index (κ1) is 16.5. The van der Waals surface area contributed by atoms with Gasteiger partial charge in [0, 0.05) is 12.6 Å². The predicted octanol–water partition coefficient (Wildman–Crippen LogP) is 1.88. The van der Waals surface area contributed by atoms with E-state index in [-0.39, 0.29) is 18.6 Å². The first-order valence-corrected chi connectivity index (χ1v) is 9.85. The van der Waals surface area contributed by atoms with E-state index >= 15 is 0 Å². The van der Waals surface area contributed by atoms with Crippen molar-refractivity contribution >= 4 is 10.0 Å². The third-order valence-electron chi connectivity index (χ3n) is 4.33. The van der Waals surface area contributed by atoms with Gasteiger partial charge in [0.1, 0.15) is 0 Å². The summed E-state index contributed by atoms with van der Waals surface area (Å²) in [7, 11) is -3.21. The van der Waals surface area contributed by atoms with Crippen LogP contribution < -0.4 is 14.2 Å². The van der Waals surface area contributed by atoms with Crippen molar-refractivity contribution in [2.24, 2.45) is 0 Å². The van der Waals surface area contributed by atoms with Gasteiger partial charge in [-0.1, -0.05) is 13.0 Å². The van der Waals surface area contributed by atoms with Crippen LogP contribution in [0.3, 0.4) is 0 Å². The smallest absolute Gasteiger partial charge is 0.231 e. The summed E-state index contributed by atoms with van der Waals surface area (Å²) in [6, 6.07) is 5.91. The number of fused-ring (bicyclic) bond motifs is 1. The maximum atomic E-state index is 12.0. The van der Waals surface area contributed by atoms with Gasteiger partial charge in [-0.15, -0.1) is 0 Å².